The standard InChI is InChI=1S/C28H25F3N4O4S/c1-15-5-2-3-6-18(15)24-19(28(29,30)31)9-10-21(33-24)35-40(38,39)22-8-4-7-20(32-22)34-25(26(36)37)27-12-11-16-13-17(14-27)23(16)27/h2-11,17,23,25H,12-14H2,1H3,(H,32,34)(H,33,35)(H,36,37). The highest BCUT2D eigenvalue weighted by Gasteiger charge is 2.67. The number of carboxylic acid groups (broad SMARTS) is 1. The smallest absolute Gasteiger partial charge is 0.418 e. The number of hydrogen-bond donors (Lipinski definition) is 3. The highest BCUT2D eigenvalue weighted by atomic mass is 32.2. The summed E-state index contributed by atoms with van der Waals surface area (Å²) in [5.74, 6) is -0.540. The Balaban J connectivity index is 1.28. The molecule has 3 aliphatic rings. The Bertz CT molecular complexity index is 1670. The molecule has 2 saturated carbocycles. The minimum atomic E-state index is -4.71. The van der Waals surface area contributed by atoms with Gasteiger partial charge in [-0.25, -0.2) is 14.8 Å². The maximum absolute atomic E-state index is 13.8. The van der Waals surface area contributed by atoms with Crippen LogP contribution in [0.2, 0.25) is 0 Å². The molecular formula is C28H25F3N4O4S. The lowest BCUT2D eigenvalue weighted by Crippen LogP contribution is -2.62. The van der Waals surface area contributed by atoms with Crippen molar-refractivity contribution in [3.8, 4) is 11.3 Å². The second-order valence-electron chi connectivity index (χ2n) is 10.6. The summed E-state index contributed by atoms with van der Waals surface area (Å²) in [7, 11) is -4.38. The highest BCUT2D eigenvalue weighted by Crippen LogP contribution is 2.71. The van der Waals surface area contributed by atoms with Gasteiger partial charge in [-0.05, 0) is 67.9 Å². The number of carbonyl (C=O) groups is 1. The van der Waals surface area contributed by atoms with E-state index in [1.165, 1.54) is 29.8 Å². The van der Waals surface area contributed by atoms with Gasteiger partial charge in [0.15, 0.2) is 5.03 Å². The largest absolute Gasteiger partial charge is 0.480 e. The van der Waals surface area contributed by atoms with Crippen LogP contribution in [-0.2, 0) is 21.0 Å². The van der Waals surface area contributed by atoms with Crippen molar-refractivity contribution in [1.29, 1.82) is 0 Å². The Morgan fingerprint density at radius 2 is 1.85 bits per heavy atom. The number of anilines is 2. The second kappa shape index (κ2) is 9.05. The minimum absolute atomic E-state index is 0.0712. The molecule has 208 valence electrons. The molecule has 4 unspecified atom stereocenters. The average Bonchev–Trinajstić information content (AvgIpc) is 2.99. The first-order valence-corrected chi connectivity index (χ1v) is 14.2. The van der Waals surface area contributed by atoms with Crippen LogP contribution in [0.3, 0.4) is 0 Å². The van der Waals surface area contributed by atoms with Crippen LogP contribution < -0.4 is 10.0 Å². The summed E-state index contributed by atoms with van der Waals surface area (Å²) in [6, 6.07) is 11.3. The average molecular weight is 571 g/mol. The number of allylic oxidation sites excluding steroid dienone is 2. The third-order valence-electron chi connectivity index (χ3n) is 8.33. The fraction of sp³-hybridized carbons (Fsp3) is 0.321. The number of pyridine rings is 2. The predicted octanol–water partition coefficient (Wildman–Crippen LogP) is 5.49. The monoisotopic (exact) mass is 570 g/mol. The summed E-state index contributed by atoms with van der Waals surface area (Å²) in [4.78, 5) is 20.4. The van der Waals surface area contributed by atoms with Crippen LogP contribution in [0.4, 0.5) is 24.8 Å². The molecule has 2 aromatic heterocycles. The SMILES string of the molecule is Cc1ccccc1-c1nc(NS(=O)(=O)c2cccc(NC(C(=O)O)C34CC=C5CC(C3)C54)n2)ccc1C(F)(F)F. The molecule has 1 aromatic carbocycles. The van der Waals surface area contributed by atoms with E-state index in [1.54, 1.807) is 25.1 Å². The number of hydrogen-bond acceptors (Lipinski definition) is 6. The zero-order chi connectivity index (χ0) is 28.4. The number of aromatic nitrogens is 2. The van der Waals surface area contributed by atoms with Crippen molar-refractivity contribution in [1.82, 2.24) is 9.97 Å². The summed E-state index contributed by atoms with van der Waals surface area (Å²) in [6.07, 6.45) is -0.147. The number of sulfonamides is 1. The number of aryl methyl sites for hydroxylation is 1. The number of aliphatic carboxylic acids is 1. The topological polar surface area (TPSA) is 121 Å². The molecule has 0 spiro atoms. The molecule has 3 aromatic rings. The number of carboxylic acids is 1. The lowest BCUT2D eigenvalue weighted by Gasteiger charge is -2.61. The van der Waals surface area contributed by atoms with E-state index in [-0.39, 0.29) is 23.1 Å². The highest BCUT2D eigenvalue weighted by molar-refractivity contribution is 7.92. The van der Waals surface area contributed by atoms with Crippen molar-refractivity contribution >= 4 is 27.6 Å². The number of alkyl halides is 3. The maximum Gasteiger partial charge on any atom is 0.418 e. The van der Waals surface area contributed by atoms with Crippen LogP contribution in [0.5, 0.6) is 0 Å². The van der Waals surface area contributed by atoms with E-state index in [9.17, 15) is 31.5 Å². The van der Waals surface area contributed by atoms with Crippen LogP contribution in [0.1, 0.15) is 30.4 Å². The van der Waals surface area contributed by atoms with Crippen molar-refractivity contribution in [2.24, 2.45) is 17.3 Å². The Morgan fingerprint density at radius 3 is 2.55 bits per heavy atom. The first-order chi connectivity index (χ1) is 18.9. The number of nitrogens with one attached hydrogen (secondary N) is 2. The molecule has 3 N–H and O–H groups in total. The maximum atomic E-state index is 13.8. The van der Waals surface area contributed by atoms with E-state index in [0.29, 0.717) is 17.9 Å². The summed E-state index contributed by atoms with van der Waals surface area (Å²) in [5.41, 5.74) is 0.201. The van der Waals surface area contributed by atoms with E-state index in [4.69, 9.17) is 0 Å². The van der Waals surface area contributed by atoms with Gasteiger partial charge in [-0.15, -0.1) is 0 Å². The van der Waals surface area contributed by atoms with Gasteiger partial charge in [-0.3, -0.25) is 4.72 Å². The molecule has 12 heteroatoms. The van der Waals surface area contributed by atoms with Crippen LogP contribution in [0, 0.1) is 24.2 Å². The lowest BCUT2D eigenvalue weighted by molar-refractivity contribution is -0.149. The normalized spacial score (nSPS) is 23.8. The van der Waals surface area contributed by atoms with E-state index in [0.717, 1.165) is 25.0 Å². The fourth-order valence-corrected chi connectivity index (χ4v) is 7.52. The van der Waals surface area contributed by atoms with Gasteiger partial charge in [0.25, 0.3) is 10.0 Å². The molecule has 2 heterocycles. The van der Waals surface area contributed by atoms with Gasteiger partial charge in [0.2, 0.25) is 0 Å². The molecule has 8 nitrogen and oxygen atoms in total. The predicted molar refractivity (Wildman–Crippen MR) is 141 cm³/mol. The van der Waals surface area contributed by atoms with Gasteiger partial charge < -0.3 is 10.4 Å². The summed E-state index contributed by atoms with van der Waals surface area (Å²) in [6.45, 7) is 1.64. The van der Waals surface area contributed by atoms with E-state index in [2.05, 4.69) is 26.1 Å². The molecule has 6 rings (SSSR count). The first-order valence-electron chi connectivity index (χ1n) is 12.7. The second-order valence-corrected chi connectivity index (χ2v) is 12.3. The number of nitrogens with zero attached hydrogens (tertiary/aromatic N) is 2. The van der Waals surface area contributed by atoms with Gasteiger partial charge in [0.1, 0.15) is 17.7 Å². The minimum Gasteiger partial charge on any atom is -0.480 e. The van der Waals surface area contributed by atoms with Crippen LogP contribution in [-0.4, -0.2) is 35.5 Å². The third-order valence-corrected chi connectivity index (χ3v) is 9.58. The van der Waals surface area contributed by atoms with Crippen LogP contribution in [0.15, 0.2) is 71.3 Å². The Hall–Kier alpha value is -3.93. The van der Waals surface area contributed by atoms with E-state index < -0.39 is 49.9 Å². The summed E-state index contributed by atoms with van der Waals surface area (Å²) in [5, 5.41) is 12.5. The third kappa shape index (κ3) is 4.21. The molecule has 0 radical (unpaired) electrons. The van der Waals surface area contributed by atoms with Gasteiger partial charge in [-0.1, -0.05) is 42.0 Å². The zero-order valence-corrected chi connectivity index (χ0v) is 22.1. The summed E-state index contributed by atoms with van der Waals surface area (Å²) < 4.78 is 69.9. The van der Waals surface area contributed by atoms with Crippen molar-refractivity contribution in [3.05, 3.63) is 77.4 Å². The molecule has 40 heavy (non-hydrogen) atoms. The van der Waals surface area contributed by atoms with Crippen molar-refractivity contribution in [2.75, 3.05) is 10.0 Å². The molecule has 0 saturated heterocycles. The molecule has 0 amide bonds. The van der Waals surface area contributed by atoms with E-state index in [1.807, 2.05) is 0 Å². The molecule has 0 bridgehead atoms. The number of rotatable bonds is 8. The molecule has 3 aliphatic carbocycles. The lowest BCUT2D eigenvalue weighted by atomic mass is 9.43. The molecule has 2 fully saturated rings. The van der Waals surface area contributed by atoms with Crippen LogP contribution in [0.25, 0.3) is 11.3 Å². The zero-order valence-electron chi connectivity index (χ0n) is 21.2. The first kappa shape index (κ1) is 26.3. The summed E-state index contributed by atoms with van der Waals surface area (Å²) >= 11 is 0. The van der Waals surface area contributed by atoms with Gasteiger partial charge in [-0.2, -0.15) is 21.6 Å². The van der Waals surface area contributed by atoms with Gasteiger partial charge >= 0.3 is 12.1 Å². The Labute approximate surface area is 228 Å². The Morgan fingerprint density at radius 1 is 1.07 bits per heavy atom. The Kier molecular flexibility index (Phi) is 5.95. The van der Waals surface area contributed by atoms with Crippen molar-refractivity contribution in [3.63, 3.8) is 0 Å². The molecule has 0 aliphatic heterocycles. The van der Waals surface area contributed by atoms with Crippen molar-refractivity contribution < 1.29 is 31.5 Å². The fourth-order valence-electron chi connectivity index (χ4n) is 6.55. The quantitative estimate of drug-likeness (QED) is 0.306. The molecule has 4 atom stereocenters. The molecular weight excluding hydrogens is 545 g/mol. The van der Waals surface area contributed by atoms with Gasteiger partial charge in [0, 0.05) is 11.0 Å². The number of halogens is 3. The number of benzene rings is 1. The van der Waals surface area contributed by atoms with Crippen LogP contribution >= 0.6 is 0 Å². The van der Waals surface area contributed by atoms with E-state index >= 15 is 0 Å². The van der Waals surface area contributed by atoms with Gasteiger partial charge in [0.05, 0.1) is 11.3 Å². The van der Waals surface area contributed by atoms with Crippen molar-refractivity contribution in [2.45, 2.75) is 43.4 Å².